The van der Waals surface area contributed by atoms with Crippen molar-refractivity contribution in [1.82, 2.24) is 15.3 Å². The summed E-state index contributed by atoms with van der Waals surface area (Å²) in [4.78, 5) is 21.2. The quantitative estimate of drug-likeness (QED) is 0.899. The first-order chi connectivity index (χ1) is 8.69. The molecule has 8 heteroatoms. The van der Waals surface area contributed by atoms with Gasteiger partial charge < -0.3 is 11.1 Å². The highest BCUT2D eigenvalue weighted by Gasteiger charge is 2.07. The molecule has 3 N–H and O–H groups in total. The van der Waals surface area contributed by atoms with Crippen molar-refractivity contribution in [2.45, 2.75) is 19.9 Å². The van der Waals surface area contributed by atoms with Gasteiger partial charge in [-0.25, -0.2) is 9.97 Å². The lowest BCUT2D eigenvalue weighted by Gasteiger charge is -2.02. The monoisotopic (exact) mass is 334 g/mol. The van der Waals surface area contributed by atoms with E-state index in [-0.39, 0.29) is 30.7 Å². The molecule has 0 bridgehead atoms. The van der Waals surface area contributed by atoms with Crippen molar-refractivity contribution in [3.63, 3.8) is 0 Å². The van der Waals surface area contributed by atoms with E-state index in [1.807, 2.05) is 6.20 Å². The van der Waals surface area contributed by atoms with Gasteiger partial charge in [-0.1, -0.05) is 6.92 Å². The second-order valence-corrected chi connectivity index (χ2v) is 4.93. The zero-order valence-corrected chi connectivity index (χ0v) is 13.3. The van der Waals surface area contributed by atoms with E-state index >= 15 is 0 Å². The summed E-state index contributed by atoms with van der Waals surface area (Å²) in [5, 5.41) is 3.68. The molecular formula is C12H16Cl2N4OS. The molecule has 0 aromatic carbocycles. The summed E-state index contributed by atoms with van der Waals surface area (Å²) in [6, 6.07) is 3.25. The number of hydrogen-bond donors (Lipinski definition) is 2. The van der Waals surface area contributed by atoms with Crippen LogP contribution in [0.3, 0.4) is 0 Å². The Hall–Kier alpha value is -1.37. The Morgan fingerprint density at radius 2 is 2.05 bits per heavy atom. The first-order valence-electron chi connectivity index (χ1n) is 5.62. The fourth-order valence-electron chi connectivity index (χ4n) is 1.38. The Kier molecular flexibility index (Phi) is 8.13. The molecule has 0 saturated carbocycles. The van der Waals surface area contributed by atoms with Gasteiger partial charge in [0.15, 0.2) is 0 Å². The van der Waals surface area contributed by atoms with E-state index in [9.17, 15) is 4.79 Å². The van der Waals surface area contributed by atoms with Crippen LogP contribution in [0.1, 0.15) is 27.3 Å². The van der Waals surface area contributed by atoms with Crippen molar-refractivity contribution in [2.75, 3.05) is 5.73 Å². The number of rotatable bonds is 4. The van der Waals surface area contributed by atoms with Crippen LogP contribution in [-0.4, -0.2) is 15.9 Å². The van der Waals surface area contributed by atoms with Crippen LogP contribution >= 0.6 is 36.2 Å². The molecule has 2 aromatic heterocycles. The molecule has 0 fully saturated rings. The van der Waals surface area contributed by atoms with Crippen LogP contribution in [0, 0.1) is 0 Å². The molecule has 2 heterocycles. The molecular weight excluding hydrogens is 319 g/mol. The lowest BCUT2D eigenvalue weighted by molar-refractivity contribution is 0.0946. The summed E-state index contributed by atoms with van der Waals surface area (Å²) in [5.74, 6) is -0.219. The van der Waals surface area contributed by atoms with Crippen molar-refractivity contribution in [1.29, 1.82) is 0 Å². The van der Waals surface area contributed by atoms with Crippen molar-refractivity contribution in [3.8, 4) is 0 Å². The number of hydrogen-bond acceptors (Lipinski definition) is 5. The van der Waals surface area contributed by atoms with Crippen LogP contribution in [-0.2, 0) is 13.0 Å². The zero-order chi connectivity index (χ0) is 13.0. The number of nitrogens with zero attached hydrogens (tertiary/aromatic N) is 2. The minimum Gasteiger partial charge on any atom is -0.397 e. The SMILES string of the molecule is CCc1cnc(CNC(=O)c2ccc(N)cn2)s1.Cl.Cl. The number of nitrogens with two attached hydrogens (primary N) is 1. The second-order valence-electron chi connectivity index (χ2n) is 3.73. The zero-order valence-electron chi connectivity index (χ0n) is 10.8. The fourth-order valence-corrected chi connectivity index (χ4v) is 2.18. The van der Waals surface area contributed by atoms with Crippen LogP contribution in [0.2, 0.25) is 0 Å². The number of amides is 1. The summed E-state index contributed by atoms with van der Waals surface area (Å²) in [7, 11) is 0. The van der Waals surface area contributed by atoms with E-state index in [2.05, 4.69) is 22.2 Å². The van der Waals surface area contributed by atoms with Gasteiger partial charge >= 0.3 is 0 Å². The molecule has 0 aliphatic rings. The molecule has 5 nitrogen and oxygen atoms in total. The summed E-state index contributed by atoms with van der Waals surface area (Å²) in [5.41, 5.74) is 6.41. The normalized spacial score (nSPS) is 9.25. The standard InChI is InChI=1S/C12H14N4OS.2ClH/c1-2-9-6-15-11(18-9)7-16-12(17)10-4-3-8(13)5-14-10;;/h3-6H,2,7,13H2,1H3,(H,16,17);2*1H. The minimum atomic E-state index is -0.219. The fraction of sp³-hybridized carbons (Fsp3) is 0.250. The van der Waals surface area contributed by atoms with E-state index in [1.165, 1.54) is 11.1 Å². The Morgan fingerprint density at radius 1 is 1.30 bits per heavy atom. The highest BCUT2D eigenvalue weighted by atomic mass is 35.5. The number of aryl methyl sites for hydroxylation is 1. The molecule has 0 spiro atoms. The van der Waals surface area contributed by atoms with Crippen LogP contribution in [0.25, 0.3) is 0 Å². The van der Waals surface area contributed by atoms with Gasteiger partial charge in [-0.05, 0) is 18.6 Å². The number of halogens is 2. The maximum Gasteiger partial charge on any atom is 0.270 e. The first-order valence-corrected chi connectivity index (χ1v) is 6.44. The van der Waals surface area contributed by atoms with E-state index < -0.39 is 0 Å². The second kappa shape index (κ2) is 8.73. The van der Waals surface area contributed by atoms with Crippen molar-refractivity contribution in [3.05, 3.63) is 40.1 Å². The van der Waals surface area contributed by atoms with Gasteiger partial charge in [-0.2, -0.15) is 0 Å². The molecule has 0 saturated heterocycles. The van der Waals surface area contributed by atoms with Gasteiger partial charge in [0.1, 0.15) is 10.7 Å². The molecule has 1 amide bonds. The third-order valence-corrected chi connectivity index (χ3v) is 3.51. The average Bonchev–Trinajstić information content (AvgIpc) is 2.85. The number of nitrogen functional groups attached to an aromatic ring is 1. The number of carbonyl (C=O) groups is 1. The average molecular weight is 335 g/mol. The van der Waals surface area contributed by atoms with Crippen LogP contribution in [0.4, 0.5) is 5.69 Å². The predicted octanol–water partition coefficient (Wildman–Crippen LogP) is 2.46. The van der Waals surface area contributed by atoms with Crippen LogP contribution < -0.4 is 11.1 Å². The number of anilines is 1. The lowest BCUT2D eigenvalue weighted by atomic mass is 10.3. The lowest BCUT2D eigenvalue weighted by Crippen LogP contribution is -2.23. The Morgan fingerprint density at radius 3 is 2.60 bits per heavy atom. The first kappa shape index (κ1) is 18.6. The van der Waals surface area contributed by atoms with Gasteiger partial charge in [0, 0.05) is 11.1 Å². The third-order valence-electron chi connectivity index (χ3n) is 2.37. The number of thiazole rings is 1. The number of carbonyl (C=O) groups excluding carboxylic acids is 1. The smallest absolute Gasteiger partial charge is 0.270 e. The molecule has 0 atom stereocenters. The Bertz CT molecular complexity index is 545. The van der Waals surface area contributed by atoms with E-state index in [4.69, 9.17) is 5.73 Å². The summed E-state index contributed by atoms with van der Waals surface area (Å²) < 4.78 is 0. The summed E-state index contributed by atoms with van der Waals surface area (Å²) in [6.07, 6.45) is 4.27. The summed E-state index contributed by atoms with van der Waals surface area (Å²) in [6.45, 7) is 2.50. The molecule has 2 aromatic rings. The highest BCUT2D eigenvalue weighted by Crippen LogP contribution is 2.13. The molecule has 0 aliphatic heterocycles. The van der Waals surface area contributed by atoms with Gasteiger partial charge in [0.05, 0.1) is 18.4 Å². The van der Waals surface area contributed by atoms with Gasteiger partial charge in [-0.3, -0.25) is 4.79 Å². The number of aromatic nitrogens is 2. The maximum absolute atomic E-state index is 11.8. The van der Waals surface area contributed by atoms with Crippen LogP contribution in [0.15, 0.2) is 24.5 Å². The Balaban J connectivity index is 0.00000180. The molecule has 0 unspecified atom stereocenters. The highest BCUT2D eigenvalue weighted by molar-refractivity contribution is 7.11. The molecule has 110 valence electrons. The molecule has 0 radical (unpaired) electrons. The maximum atomic E-state index is 11.8. The van der Waals surface area contributed by atoms with Gasteiger partial charge in [-0.15, -0.1) is 36.2 Å². The van der Waals surface area contributed by atoms with Gasteiger partial charge in [0.25, 0.3) is 5.91 Å². The largest absolute Gasteiger partial charge is 0.397 e. The van der Waals surface area contributed by atoms with Crippen molar-refractivity contribution < 1.29 is 4.79 Å². The van der Waals surface area contributed by atoms with Crippen molar-refractivity contribution >= 4 is 47.7 Å². The van der Waals surface area contributed by atoms with E-state index in [1.54, 1.807) is 23.5 Å². The topological polar surface area (TPSA) is 80.9 Å². The van der Waals surface area contributed by atoms with Crippen molar-refractivity contribution in [2.24, 2.45) is 0 Å². The third kappa shape index (κ3) is 4.96. The molecule has 2 rings (SSSR count). The molecule has 20 heavy (non-hydrogen) atoms. The number of nitrogens with one attached hydrogen (secondary N) is 1. The molecule has 0 aliphatic carbocycles. The minimum absolute atomic E-state index is 0. The predicted molar refractivity (Wildman–Crippen MR) is 85.8 cm³/mol. The summed E-state index contributed by atoms with van der Waals surface area (Å²) >= 11 is 1.61. The van der Waals surface area contributed by atoms with Crippen LogP contribution in [0.5, 0.6) is 0 Å². The van der Waals surface area contributed by atoms with E-state index in [0.717, 1.165) is 11.4 Å². The van der Waals surface area contributed by atoms with Gasteiger partial charge in [0.2, 0.25) is 0 Å². The number of pyridine rings is 1. The Labute approximate surface area is 133 Å². The van der Waals surface area contributed by atoms with E-state index in [0.29, 0.717) is 17.9 Å².